The Bertz CT molecular complexity index is 1670. The quantitative estimate of drug-likeness (QED) is 0.272. The lowest BCUT2D eigenvalue weighted by molar-refractivity contribution is -0.136. The van der Waals surface area contributed by atoms with Gasteiger partial charge in [-0.25, -0.2) is 9.50 Å². The minimum Gasteiger partial charge on any atom is -0.382 e. The highest BCUT2D eigenvalue weighted by molar-refractivity contribution is 5.92. The number of aromatic nitrogens is 5. The van der Waals surface area contributed by atoms with Crippen LogP contribution < -0.4 is 11.5 Å². The van der Waals surface area contributed by atoms with Crippen LogP contribution in [0.5, 0.6) is 0 Å². The van der Waals surface area contributed by atoms with Gasteiger partial charge in [0.25, 0.3) is 0 Å². The molecule has 0 spiro atoms. The molecule has 1 fully saturated rings. The molecule has 5 aromatic rings. The van der Waals surface area contributed by atoms with Gasteiger partial charge in [-0.3, -0.25) is 9.48 Å². The molecule has 206 valence electrons. The topological polar surface area (TPSA) is 120 Å². The van der Waals surface area contributed by atoms with E-state index in [1.54, 1.807) is 0 Å². The summed E-state index contributed by atoms with van der Waals surface area (Å²) in [6.07, 6.45) is 6.16. The van der Waals surface area contributed by atoms with Crippen LogP contribution in [0.4, 0.5) is 5.82 Å². The summed E-state index contributed by atoms with van der Waals surface area (Å²) in [7, 11) is 0. The van der Waals surface area contributed by atoms with Gasteiger partial charge in [-0.05, 0) is 49.4 Å². The van der Waals surface area contributed by atoms with E-state index in [2.05, 4.69) is 59.6 Å². The smallest absolute Gasteiger partial charge is 0.230 e. The average Bonchev–Trinajstić information content (AvgIpc) is 3.53. The molecule has 2 aromatic carbocycles. The summed E-state index contributed by atoms with van der Waals surface area (Å²) >= 11 is 0. The lowest BCUT2D eigenvalue weighted by Crippen LogP contribution is -2.42. The fourth-order valence-electron chi connectivity index (χ4n) is 5.73. The average molecular weight is 537 g/mol. The Balaban J connectivity index is 1.36. The number of fused-ring (bicyclic) bond motifs is 2. The van der Waals surface area contributed by atoms with Gasteiger partial charge in [0.15, 0.2) is 5.82 Å². The van der Waals surface area contributed by atoms with E-state index in [1.165, 1.54) is 11.9 Å². The van der Waals surface area contributed by atoms with Gasteiger partial charge in [0.1, 0.15) is 11.8 Å². The lowest BCUT2D eigenvalue weighted by atomic mass is 9.98. The van der Waals surface area contributed by atoms with Gasteiger partial charge >= 0.3 is 0 Å². The van der Waals surface area contributed by atoms with E-state index in [1.807, 2.05) is 39.2 Å². The normalized spacial score (nSPS) is 15.0. The van der Waals surface area contributed by atoms with Gasteiger partial charge in [0, 0.05) is 48.4 Å². The third-order valence-electron chi connectivity index (χ3n) is 8.38. The predicted molar refractivity (Wildman–Crippen MR) is 158 cm³/mol. The molecular formula is C31H36N8O. The third kappa shape index (κ3) is 4.60. The second-order valence-electron chi connectivity index (χ2n) is 10.9. The summed E-state index contributed by atoms with van der Waals surface area (Å²) in [5.74, 6) is 0.661. The van der Waals surface area contributed by atoms with Crippen LogP contribution in [0, 0.1) is 5.41 Å². The monoisotopic (exact) mass is 536 g/mol. The molecular weight excluding hydrogens is 500 g/mol. The molecule has 0 bridgehead atoms. The molecule has 1 amide bonds. The number of nitrogen functional groups attached to an aromatic ring is 1. The summed E-state index contributed by atoms with van der Waals surface area (Å²) in [5, 5.41) is 10.5. The molecule has 40 heavy (non-hydrogen) atoms. The van der Waals surface area contributed by atoms with E-state index in [-0.39, 0.29) is 17.2 Å². The minimum absolute atomic E-state index is 0.0711. The van der Waals surface area contributed by atoms with Crippen LogP contribution in [0.2, 0.25) is 0 Å². The summed E-state index contributed by atoms with van der Waals surface area (Å²) in [6, 6.07) is 18.8. The molecule has 1 aliphatic rings. The van der Waals surface area contributed by atoms with Gasteiger partial charge in [-0.15, -0.1) is 0 Å². The van der Waals surface area contributed by atoms with Crippen LogP contribution in [-0.4, -0.2) is 54.8 Å². The van der Waals surface area contributed by atoms with E-state index < -0.39 is 0 Å². The van der Waals surface area contributed by atoms with Crippen LogP contribution >= 0.6 is 0 Å². The van der Waals surface area contributed by atoms with Crippen LogP contribution in [-0.2, 0) is 11.3 Å². The Hall–Kier alpha value is -4.24. The summed E-state index contributed by atoms with van der Waals surface area (Å²) in [4.78, 5) is 19.6. The SMILES string of the molecule is CCC(CN(CC)C(=O)C1(CN)CC1)c1cc(-c2ccc3cn(Cc4ccccc4)nc3c2)c2c(N)ncnn12. The van der Waals surface area contributed by atoms with E-state index in [4.69, 9.17) is 16.6 Å². The van der Waals surface area contributed by atoms with Crippen LogP contribution in [0.15, 0.2) is 67.1 Å². The number of rotatable bonds is 10. The number of nitrogens with zero attached hydrogens (tertiary/aromatic N) is 6. The van der Waals surface area contributed by atoms with Crippen LogP contribution in [0.25, 0.3) is 27.5 Å². The van der Waals surface area contributed by atoms with Gasteiger partial charge in [0.05, 0.1) is 17.5 Å². The lowest BCUT2D eigenvalue weighted by Gasteiger charge is -2.29. The maximum absolute atomic E-state index is 13.3. The fourth-order valence-corrected chi connectivity index (χ4v) is 5.73. The van der Waals surface area contributed by atoms with Gasteiger partial charge in [0.2, 0.25) is 5.91 Å². The molecule has 0 saturated heterocycles. The number of carbonyl (C=O) groups excluding carboxylic acids is 1. The summed E-state index contributed by atoms with van der Waals surface area (Å²) in [5.41, 5.74) is 17.9. The number of nitrogens with two attached hydrogens (primary N) is 2. The van der Waals surface area contributed by atoms with Crippen molar-refractivity contribution in [3.05, 3.63) is 78.4 Å². The van der Waals surface area contributed by atoms with Gasteiger partial charge in [-0.2, -0.15) is 10.2 Å². The molecule has 4 N–H and O–H groups in total. The van der Waals surface area contributed by atoms with Crippen molar-refractivity contribution >= 4 is 28.1 Å². The molecule has 6 rings (SSSR count). The number of benzene rings is 2. The first-order chi connectivity index (χ1) is 19.5. The molecule has 0 radical (unpaired) electrons. The van der Waals surface area contributed by atoms with Gasteiger partial charge < -0.3 is 16.4 Å². The number of amides is 1. The van der Waals surface area contributed by atoms with Crippen molar-refractivity contribution in [3.8, 4) is 11.1 Å². The highest BCUT2D eigenvalue weighted by Crippen LogP contribution is 2.46. The molecule has 3 aromatic heterocycles. The molecule has 1 saturated carbocycles. The predicted octanol–water partition coefficient (Wildman–Crippen LogP) is 4.46. The molecule has 9 heteroatoms. The van der Waals surface area contributed by atoms with Crippen LogP contribution in [0.1, 0.15) is 50.3 Å². The summed E-state index contributed by atoms with van der Waals surface area (Å²) < 4.78 is 3.88. The number of likely N-dealkylation sites (N-methyl/N-ethyl adjacent to an activating group) is 1. The highest BCUT2D eigenvalue weighted by Gasteiger charge is 2.50. The molecule has 1 aliphatic carbocycles. The minimum atomic E-state index is -0.368. The zero-order valence-corrected chi connectivity index (χ0v) is 23.1. The van der Waals surface area contributed by atoms with Crippen molar-refractivity contribution in [3.63, 3.8) is 0 Å². The first kappa shape index (κ1) is 26.0. The zero-order valence-electron chi connectivity index (χ0n) is 23.1. The number of carbonyl (C=O) groups is 1. The van der Waals surface area contributed by atoms with Gasteiger partial charge in [-0.1, -0.05) is 49.4 Å². The van der Waals surface area contributed by atoms with Crippen molar-refractivity contribution in [1.82, 2.24) is 29.3 Å². The second kappa shape index (κ2) is 10.4. The Labute approximate surface area is 233 Å². The van der Waals surface area contributed by atoms with Crippen molar-refractivity contribution < 1.29 is 4.79 Å². The van der Waals surface area contributed by atoms with Crippen molar-refractivity contribution in [1.29, 1.82) is 0 Å². The Kier molecular flexibility index (Phi) is 6.75. The Morgan fingerprint density at radius 1 is 1.12 bits per heavy atom. The molecule has 1 atom stereocenters. The first-order valence-corrected chi connectivity index (χ1v) is 14.1. The zero-order chi connectivity index (χ0) is 27.9. The van der Waals surface area contributed by atoms with E-state index in [0.29, 0.717) is 32.0 Å². The van der Waals surface area contributed by atoms with Crippen molar-refractivity contribution in [2.75, 3.05) is 25.4 Å². The van der Waals surface area contributed by atoms with E-state index in [0.717, 1.165) is 52.5 Å². The van der Waals surface area contributed by atoms with Crippen LogP contribution in [0.3, 0.4) is 0 Å². The molecule has 9 nitrogen and oxygen atoms in total. The largest absolute Gasteiger partial charge is 0.382 e. The Morgan fingerprint density at radius 3 is 2.62 bits per heavy atom. The maximum atomic E-state index is 13.3. The first-order valence-electron chi connectivity index (χ1n) is 14.1. The molecule has 3 heterocycles. The fraction of sp³-hybridized carbons (Fsp3) is 0.355. The van der Waals surface area contributed by atoms with E-state index in [9.17, 15) is 4.79 Å². The maximum Gasteiger partial charge on any atom is 0.230 e. The Morgan fingerprint density at radius 2 is 1.93 bits per heavy atom. The molecule has 0 aliphatic heterocycles. The van der Waals surface area contributed by atoms with Crippen molar-refractivity contribution in [2.45, 2.75) is 45.6 Å². The van der Waals surface area contributed by atoms with Crippen molar-refractivity contribution in [2.24, 2.45) is 11.1 Å². The molecule has 1 unspecified atom stereocenters. The summed E-state index contributed by atoms with van der Waals surface area (Å²) in [6.45, 7) is 6.55. The number of hydrogen-bond acceptors (Lipinski definition) is 6. The van der Waals surface area contributed by atoms with E-state index >= 15 is 0 Å². The highest BCUT2D eigenvalue weighted by atomic mass is 16.2. The number of hydrogen-bond donors (Lipinski definition) is 2. The standard InChI is InChI=1S/C31H36N8O/c1-3-22(17-37(4-2)30(40)31(19-32)12-13-31)27-15-25(28-29(33)34-20-35-39(27)28)23-10-11-24-18-38(36-26(24)14-23)16-21-8-6-5-7-9-21/h5-11,14-15,18,20,22H,3-4,12-13,16-17,19,32H2,1-2H3,(H2,33,34,35). The second-order valence-corrected chi connectivity index (χ2v) is 10.9. The number of anilines is 1. The third-order valence-corrected chi connectivity index (χ3v) is 8.38.